The first-order valence-corrected chi connectivity index (χ1v) is 16.7. The van der Waals surface area contributed by atoms with Gasteiger partial charge in [0, 0.05) is 43.9 Å². The average Bonchev–Trinajstić information content (AvgIpc) is 3.73. The smallest absolute Gasteiger partial charge is 0.164 e. The third-order valence-corrected chi connectivity index (χ3v) is 9.45. The van der Waals surface area contributed by atoms with Gasteiger partial charge in [-0.15, -0.1) is 0 Å². The summed E-state index contributed by atoms with van der Waals surface area (Å²) in [7, 11) is 0. The zero-order valence-electron chi connectivity index (χ0n) is 26.9. The van der Waals surface area contributed by atoms with Crippen LogP contribution in [0.25, 0.3) is 94.7 Å². The minimum absolute atomic E-state index is 0.601. The summed E-state index contributed by atoms with van der Waals surface area (Å²) >= 11 is 0. The van der Waals surface area contributed by atoms with Crippen molar-refractivity contribution in [1.29, 1.82) is 0 Å². The van der Waals surface area contributed by atoms with E-state index in [-0.39, 0.29) is 0 Å². The molecule has 0 spiro atoms. The molecule has 3 heterocycles. The predicted molar refractivity (Wildman–Crippen MR) is 203 cm³/mol. The summed E-state index contributed by atoms with van der Waals surface area (Å²) in [5.74, 6) is 1.86. The molecule has 0 aliphatic heterocycles. The van der Waals surface area contributed by atoms with Crippen LogP contribution in [0.2, 0.25) is 0 Å². The maximum Gasteiger partial charge on any atom is 0.164 e. The van der Waals surface area contributed by atoms with Gasteiger partial charge in [0.15, 0.2) is 17.5 Å². The minimum atomic E-state index is 0.601. The van der Waals surface area contributed by atoms with Gasteiger partial charge in [0.2, 0.25) is 0 Å². The summed E-state index contributed by atoms with van der Waals surface area (Å²) < 4.78 is 8.89. The highest BCUT2D eigenvalue weighted by Gasteiger charge is 2.16. The van der Waals surface area contributed by atoms with Crippen LogP contribution in [0.1, 0.15) is 0 Å². The van der Waals surface area contributed by atoms with Crippen molar-refractivity contribution in [2.24, 2.45) is 0 Å². The molecule has 10 aromatic rings. The highest BCUT2D eigenvalue weighted by Crippen LogP contribution is 2.38. The third kappa shape index (κ3) is 4.67. The molecule has 0 aliphatic carbocycles. The fourth-order valence-corrected chi connectivity index (χ4v) is 7.04. The van der Waals surface area contributed by atoms with E-state index in [1.807, 2.05) is 66.7 Å². The Kier molecular flexibility index (Phi) is 6.42. The second-order valence-electron chi connectivity index (χ2n) is 12.5. The van der Waals surface area contributed by atoms with E-state index in [1.165, 1.54) is 21.8 Å². The SMILES string of the molecule is c1ccc(-c2nc(-c3ccccc3)nc(-c3ccc4c(c3)oc3cc(-c5ccc6c(c5)c5ccccc5n6-c5ccccc5)ccc34)n2)cc1. The van der Waals surface area contributed by atoms with Crippen molar-refractivity contribution < 1.29 is 4.42 Å². The van der Waals surface area contributed by atoms with Crippen LogP contribution >= 0.6 is 0 Å². The number of nitrogens with zero attached hydrogens (tertiary/aromatic N) is 4. The lowest BCUT2D eigenvalue weighted by atomic mass is 10.0. The molecule has 0 aliphatic rings. The van der Waals surface area contributed by atoms with E-state index >= 15 is 0 Å². The minimum Gasteiger partial charge on any atom is -0.456 e. The quantitative estimate of drug-likeness (QED) is 0.188. The molecule has 10 rings (SSSR count). The van der Waals surface area contributed by atoms with Gasteiger partial charge in [-0.1, -0.05) is 115 Å². The fourth-order valence-electron chi connectivity index (χ4n) is 7.04. The monoisotopic (exact) mass is 640 g/mol. The second-order valence-corrected chi connectivity index (χ2v) is 12.5. The van der Waals surface area contributed by atoms with Crippen molar-refractivity contribution in [2.75, 3.05) is 0 Å². The van der Waals surface area contributed by atoms with E-state index in [0.717, 1.165) is 55.4 Å². The number of hydrogen-bond donors (Lipinski definition) is 0. The molecule has 0 unspecified atom stereocenters. The van der Waals surface area contributed by atoms with Crippen LogP contribution in [-0.4, -0.2) is 19.5 Å². The van der Waals surface area contributed by atoms with Crippen molar-refractivity contribution in [3.05, 3.63) is 170 Å². The number of para-hydroxylation sites is 2. The van der Waals surface area contributed by atoms with Crippen LogP contribution in [0, 0.1) is 0 Å². The van der Waals surface area contributed by atoms with E-state index in [0.29, 0.717) is 17.5 Å². The van der Waals surface area contributed by atoms with Crippen molar-refractivity contribution in [1.82, 2.24) is 19.5 Å². The Morgan fingerprint density at radius 1 is 0.340 bits per heavy atom. The van der Waals surface area contributed by atoms with Crippen LogP contribution < -0.4 is 0 Å². The van der Waals surface area contributed by atoms with Crippen LogP contribution in [-0.2, 0) is 0 Å². The molecule has 0 amide bonds. The first-order valence-electron chi connectivity index (χ1n) is 16.7. The summed E-state index contributed by atoms with van der Waals surface area (Å²) in [6.45, 7) is 0. The lowest BCUT2D eigenvalue weighted by molar-refractivity contribution is 0.669. The van der Waals surface area contributed by atoms with E-state index < -0.39 is 0 Å². The lowest BCUT2D eigenvalue weighted by Gasteiger charge is -2.08. The molecule has 50 heavy (non-hydrogen) atoms. The zero-order chi connectivity index (χ0) is 33.0. The van der Waals surface area contributed by atoms with Gasteiger partial charge in [0.25, 0.3) is 0 Å². The van der Waals surface area contributed by atoms with Crippen molar-refractivity contribution in [3.63, 3.8) is 0 Å². The van der Waals surface area contributed by atoms with Crippen LogP contribution in [0.5, 0.6) is 0 Å². The predicted octanol–water partition coefficient (Wildman–Crippen LogP) is 11.5. The molecular formula is C45H28N4O. The average molecular weight is 641 g/mol. The molecular weight excluding hydrogens is 613 g/mol. The van der Waals surface area contributed by atoms with Crippen molar-refractivity contribution in [3.8, 4) is 51.0 Å². The molecule has 7 aromatic carbocycles. The Morgan fingerprint density at radius 2 is 0.820 bits per heavy atom. The van der Waals surface area contributed by atoms with E-state index in [1.54, 1.807) is 0 Å². The Balaban J connectivity index is 1.07. The number of furan rings is 1. The summed E-state index contributed by atoms with van der Waals surface area (Å²) in [6.07, 6.45) is 0. The Bertz CT molecular complexity index is 2800. The van der Waals surface area contributed by atoms with Gasteiger partial charge in [-0.05, 0) is 65.7 Å². The highest BCUT2D eigenvalue weighted by molar-refractivity contribution is 6.11. The van der Waals surface area contributed by atoms with Crippen molar-refractivity contribution in [2.45, 2.75) is 0 Å². The van der Waals surface area contributed by atoms with E-state index in [4.69, 9.17) is 19.4 Å². The first-order chi connectivity index (χ1) is 24.8. The van der Waals surface area contributed by atoms with Gasteiger partial charge in [0.05, 0.1) is 11.0 Å². The number of hydrogen-bond acceptors (Lipinski definition) is 4. The molecule has 0 radical (unpaired) electrons. The van der Waals surface area contributed by atoms with Gasteiger partial charge in [-0.3, -0.25) is 0 Å². The topological polar surface area (TPSA) is 56.7 Å². The Labute approximate surface area is 287 Å². The summed E-state index contributed by atoms with van der Waals surface area (Å²) in [6, 6.07) is 58.7. The molecule has 234 valence electrons. The molecule has 5 nitrogen and oxygen atoms in total. The lowest BCUT2D eigenvalue weighted by Crippen LogP contribution is -2.00. The maximum absolute atomic E-state index is 6.55. The summed E-state index contributed by atoms with van der Waals surface area (Å²) in [4.78, 5) is 14.7. The number of aromatic nitrogens is 4. The number of rotatable bonds is 5. The van der Waals surface area contributed by atoms with E-state index in [2.05, 4.69) is 108 Å². The van der Waals surface area contributed by atoms with Crippen LogP contribution in [0.3, 0.4) is 0 Å². The first kappa shape index (κ1) is 28.2. The van der Waals surface area contributed by atoms with Gasteiger partial charge in [-0.2, -0.15) is 0 Å². The molecule has 0 N–H and O–H groups in total. The normalized spacial score (nSPS) is 11.6. The fraction of sp³-hybridized carbons (Fsp3) is 0. The molecule has 0 bridgehead atoms. The van der Waals surface area contributed by atoms with Gasteiger partial charge < -0.3 is 8.98 Å². The number of fused-ring (bicyclic) bond motifs is 6. The van der Waals surface area contributed by atoms with E-state index in [9.17, 15) is 0 Å². The highest BCUT2D eigenvalue weighted by atomic mass is 16.3. The molecule has 0 saturated heterocycles. The van der Waals surface area contributed by atoms with Crippen molar-refractivity contribution >= 4 is 43.7 Å². The zero-order valence-corrected chi connectivity index (χ0v) is 26.9. The number of benzene rings is 7. The summed E-state index contributed by atoms with van der Waals surface area (Å²) in [5, 5.41) is 4.58. The molecule has 0 atom stereocenters. The van der Waals surface area contributed by atoms with Gasteiger partial charge in [0.1, 0.15) is 11.2 Å². The van der Waals surface area contributed by atoms with Gasteiger partial charge >= 0.3 is 0 Å². The maximum atomic E-state index is 6.55. The molecule has 3 aromatic heterocycles. The Hall–Kier alpha value is -6.85. The molecule has 0 saturated carbocycles. The third-order valence-electron chi connectivity index (χ3n) is 9.45. The largest absolute Gasteiger partial charge is 0.456 e. The molecule has 5 heteroatoms. The second kappa shape index (κ2) is 11.4. The standard InChI is InChI=1S/C45H28N4O/c1-4-12-29(13-5-1)43-46-44(30-14-6-2-7-15-30)48-45(47-43)33-21-24-37-36-23-20-32(27-41(36)50-42(37)28-33)31-22-25-40-38(26-31)35-18-10-11-19-39(35)49(40)34-16-8-3-9-17-34/h1-28H. The molecule has 0 fully saturated rings. The van der Waals surface area contributed by atoms with Crippen LogP contribution in [0.4, 0.5) is 0 Å². The van der Waals surface area contributed by atoms with Crippen LogP contribution in [0.15, 0.2) is 174 Å². The Morgan fingerprint density at radius 3 is 1.48 bits per heavy atom. The summed E-state index contributed by atoms with van der Waals surface area (Å²) in [5.41, 5.74) is 10.2. The van der Waals surface area contributed by atoms with Gasteiger partial charge in [-0.25, -0.2) is 15.0 Å².